The highest BCUT2D eigenvalue weighted by molar-refractivity contribution is 5.91. The van der Waals surface area contributed by atoms with Gasteiger partial charge in [-0.2, -0.15) is 0 Å². The summed E-state index contributed by atoms with van der Waals surface area (Å²) in [6.07, 6.45) is 3.04. The number of carbonyl (C=O) groups excluding carboxylic acids is 2. The molecule has 4 heteroatoms. The molecule has 0 rings (SSSR count). The Hall–Kier alpha value is -1.32. The Bertz CT molecular complexity index is 363. The molecule has 122 valence electrons. The van der Waals surface area contributed by atoms with E-state index in [9.17, 15) is 9.59 Å². The molecule has 0 amide bonds. The summed E-state index contributed by atoms with van der Waals surface area (Å²) in [7, 11) is 0. The molecule has 0 fully saturated rings. The van der Waals surface area contributed by atoms with Crippen LogP contribution in [0.1, 0.15) is 54.9 Å². The van der Waals surface area contributed by atoms with E-state index in [4.69, 9.17) is 9.47 Å². The summed E-state index contributed by atoms with van der Waals surface area (Å²) >= 11 is 0. The Labute approximate surface area is 128 Å². The first-order valence-electron chi connectivity index (χ1n) is 7.56. The van der Waals surface area contributed by atoms with Gasteiger partial charge in [-0.05, 0) is 30.6 Å². The van der Waals surface area contributed by atoms with Gasteiger partial charge in [-0.3, -0.25) is 0 Å². The van der Waals surface area contributed by atoms with E-state index in [0.717, 1.165) is 18.6 Å². The summed E-state index contributed by atoms with van der Waals surface area (Å²) in [5.41, 5.74) is 0.207. The lowest BCUT2D eigenvalue weighted by Crippen LogP contribution is -2.19. The van der Waals surface area contributed by atoms with Crippen molar-refractivity contribution < 1.29 is 19.1 Å². The molecule has 0 aliphatic heterocycles. The van der Waals surface area contributed by atoms with E-state index < -0.39 is 11.9 Å². The van der Waals surface area contributed by atoms with Crippen molar-refractivity contribution in [3.05, 3.63) is 12.2 Å². The van der Waals surface area contributed by atoms with Crippen LogP contribution < -0.4 is 0 Å². The van der Waals surface area contributed by atoms with Crippen molar-refractivity contribution in [2.75, 3.05) is 6.61 Å². The number of hydrogen-bond acceptors (Lipinski definition) is 4. The van der Waals surface area contributed by atoms with Gasteiger partial charge in [-0.1, -0.05) is 41.5 Å². The van der Waals surface area contributed by atoms with Gasteiger partial charge in [0.1, 0.15) is 6.10 Å². The van der Waals surface area contributed by atoms with E-state index in [0.29, 0.717) is 6.61 Å². The van der Waals surface area contributed by atoms with E-state index in [1.807, 2.05) is 27.7 Å². The molecule has 0 aliphatic rings. The van der Waals surface area contributed by atoms with Crippen LogP contribution in [0.4, 0.5) is 0 Å². The smallest absolute Gasteiger partial charge is 0.331 e. The van der Waals surface area contributed by atoms with Crippen molar-refractivity contribution in [2.45, 2.75) is 61.0 Å². The fourth-order valence-electron chi connectivity index (χ4n) is 1.87. The molecule has 2 atom stereocenters. The molecular formula is C17H30O4. The zero-order valence-corrected chi connectivity index (χ0v) is 14.4. The van der Waals surface area contributed by atoms with Crippen molar-refractivity contribution >= 4 is 11.9 Å². The van der Waals surface area contributed by atoms with E-state index in [-0.39, 0.29) is 23.4 Å². The fourth-order valence-corrected chi connectivity index (χ4v) is 1.87. The molecule has 0 aliphatic carbocycles. The van der Waals surface area contributed by atoms with Crippen molar-refractivity contribution in [3.63, 3.8) is 0 Å². The third-order valence-corrected chi connectivity index (χ3v) is 3.07. The van der Waals surface area contributed by atoms with E-state index in [1.54, 1.807) is 0 Å². The fraction of sp³-hybridized carbons (Fsp3) is 0.765. The molecule has 0 aromatic heterocycles. The maximum Gasteiger partial charge on any atom is 0.331 e. The van der Waals surface area contributed by atoms with Gasteiger partial charge in [0.2, 0.25) is 0 Å². The summed E-state index contributed by atoms with van der Waals surface area (Å²) in [6.45, 7) is 14.6. The predicted molar refractivity (Wildman–Crippen MR) is 83.7 cm³/mol. The van der Waals surface area contributed by atoms with Gasteiger partial charge in [0.15, 0.2) is 0 Å². The lowest BCUT2D eigenvalue weighted by atomic mass is 9.86. The van der Waals surface area contributed by atoms with Crippen molar-refractivity contribution in [2.24, 2.45) is 17.3 Å². The molecule has 0 radical (unpaired) electrons. The Morgan fingerprint density at radius 1 is 1.00 bits per heavy atom. The molecule has 0 bridgehead atoms. The molecule has 2 unspecified atom stereocenters. The maximum atomic E-state index is 11.5. The molecule has 0 saturated heterocycles. The standard InChI is InChI=1S/C17H30O4/c1-12(2)14(4)21-16(19)9-8-15(18)20-11-13(3)10-17(5,6)7/h8-9,12-14H,10-11H2,1-7H3/b9-8+. The Morgan fingerprint density at radius 2 is 1.52 bits per heavy atom. The minimum absolute atomic E-state index is 0.176. The summed E-state index contributed by atoms with van der Waals surface area (Å²) in [5, 5.41) is 0. The number of esters is 2. The van der Waals surface area contributed by atoms with Crippen molar-refractivity contribution in [3.8, 4) is 0 Å². The second-order valence-corrected chi connectivity index (χ2v) is 7.22. The van der Waals surface area contributed by atoms with Crippen LogP contribution in [0, 0.1) is 17.3 Å². The van der Waals surface area contributed by atoms with Crippen LogP contribution >= 0.6 is 0 Å². The number of hydrogen-bond donors (Lipinski definition) is 0. The normalized spacial score (nSPS) is 15.0. The van der Waals surface area contributed by atoms with E-state index in [1.165, 1.54) is 0 Å². The maximum absolute atomic E-state index is 11.5. The molecule has 4 nitrogen and oxygen atoms in total. The van der Waals surface area contributed by atoms with E-state index >= 15 is 0 Å². The first kappa shape index (κ1) is 19.7. The first-order chi connectivity index (χ1) is 9.51. The number of rotatable bonds is 7. The van der Waals surface area contributed by atoms with Crippen molar-refractivity contribution in [1.82, 2.24) is 0 Å². The van der Waals surface area contributed by atoms with Crippen LogP contribution in [0.2, 0.25) is 0 Å². The van der Waals surface area contributed by atoms with Crippen LogP contribution in [0.15, 0.2) is 12.2 Å². The van der Waals surface area contributed by atoms with Gasteiger partial charge in [0.05, 0.1) is 6.61 Å². The lowest BCUT2D eigenvalue weighted by molar-refractivity contribution is -0.145. The predicted octanol–water partition coefficient (Wildman–Crippen LogP) is 3.75. The monoisotopic (exact) mass is 298 g/mol. The lowest BCUT2D eigenvalue weighted by Gasteiger charge is -2.22. The zero-order valence-electron chi connectivity index (χ0n) is 14.4. The molecular weight excluding hydrogens is 268 g/mol. The van der Waals surface area contributed by atoms with Gasteiger partial charge < -0.3 is 9.47 Å². The molecule has 0 spiro atoms. The van der Waals surface area contributed by atoms with Gasteiger partial charge in [-0.25, -0.2) is 9.59 Å². The molecule has 0 heterocycles. The van der Waals surface area contributed by atoms with Crippen LogP contribution in [-0.4, -0.2) is 24.6 Å². The highest BCUT2D eigenvalue weighted by Crippen LogP contribution is 2.24. The third-order valence-electron chi connectivity index (χ3n) is 3.07. The minimum atomic E-state index is -0.518. The van der Waals surface area contributed by atoms with Gasteiger partial charge >= 0.3 is 11.9 Å². The number of ether oxygens (including phenoxy) is 2. The van der Waals surface area contributed by atoms with Gasteiger partial charge in [-0.15, -0.1) is 0 Å². The second kappa shape index (κ2) is 8.85. The Balaban J connectivity index is 4.09. The Kier molecular flexibility index (Phi) is 8.30. The SMILES string of the molecule is CC(COC(=O)/C=C/C(=O)OC(C)C(C)C)CC(C)(C)C. The summed E-state index contributed by atoms with van der Waals surface area (Å²) < 4.78 is 10.2. The van der Waals surface area contributed by atoms with Crippen LogP contribution in [0.25, 0.3) is 0 Å². The minimum Gasteiger partial charge on any atom is -0.462 e. The summed E-state index contributed by atoms with van der Waals surface area (Å²) in [6, 6.07) is 0. The molecule has 21 heavy (non-hydrogen) atoms. The summed E-state index contributed by atoms with van der Waals surface area (Å²) in [4.78, 5) is 23.0. The van der Waals surface area contributed by atoms with Crippen molar-refractivity contribution in [1.29, 1.82) is 0 Å². The van der Waals surface area contributed by atoms with Gasteiger partial charge in [0.25, 0.3) is 0 Å². The van der Waals surface area contributed by atoms with Crippen LogP contribution in [0.5, 0.6) is 0 Å². The molecule has 0 N–H and O–H groups in total. The molecule has 0 aromatic rings. The third kappa shape index (κ3) is 11.1. The van der Waals surface area contributed by atoms with Crippen LogP contribution in [-0.2, 0) is 19.1 Å². The van der Waals surface area contributed by atoms with Gasteiger partial charge in [0, 0.05) is 12.2 Å². The first-order valence-corrected chi connectivity index (χ1v) is 7.56. The quantitative estimate of drug-likeness (QED) is 0.530. The Morgan fingerprint density at radius 3 is 2.00 bits per heavy atom. The number of carbonyl (C=O) groups is 2. The highest BCUT2D eigenvalue weighted by Gasteiger charge is 2.16. The summed E-state index contributed by atoms with van der Waals surface area (Å²) in [5.74, 6) is -0.497. The molecule has 0 aromatic carbocycles. The molecule has 0 saturated carbocycles. The van der Waals surface area contributed by atoms with Crippen LogP contribution in [0.3, 0.4) is 0 Å². The average molecular weight is 298 g/mol. The zero-order chi connectivity index (χ0) is 16.6. The topological polar surface area (TPSA) is 52.6 Å². The highest BCUT2D eigenvalue weighted by atomic mass is 16.5. The largest absolute Gasteiger partial charge is 0.462 e. The van der Waals surface area contributed by atoms with E-state index in [2.05, 4.69) is 20.8 Å². The average Bonchev–Trinajstić information content (AvgIpc) is 2.31. The second-order valence-electron chi connectivity index (χ2n) is 7.22.